The van der Waals surface area contributed by atoms with Crippen LogP contribution in [0.15, 0.2) is 24.3 Å². The molecule has 1 aromatic rings. The van der Waals surface area contributed by atoms with E-state index >= 15 is 0 Å². The van der Waals surface area contributed by atoms with E-state index in [0.717, 1.165) is 0 Å². The summed E-state index contributed by atoms with van der Waals surface area (Å²) < 4.78 is 29.5. The molecule has 0 aliphatic rings. The number of hydrogen-bond acceptors (Lipinski definition) is 4. The number of hydrogen-bond donors (Lipinski definition) is 0. The summed E-state index contributed by atoms with van der Waals surface area (Å²) in [4.78, 5) is 11.4. The second kappa shape index (κ2) is 7.92. The van der Waals surface area contributed by atoms with Gasteiger partial charge in [-0.15, -0.1) is 0 Å². The first kappa shape index (κ1) is 19.6. The average Bonchev–Trinajstić information content (AvgIpc) is 2.49. The second-order valence-electron chi connectivity index (χ2n) is 6.98. The van der Waals surface area contributed by atoms with Crippen LogP contribution in [0.4, 0.5) is 4.39 Å². The number of esters is 1. The summed E-state index contributed by atoms with van der Waals surface area (Å²) in [6.07, 6.45) is -0.587. The maximum absolute atomic E-state index is 13.3. The Bertz CT molecular complexity index is 508. The molecule has 23 heavy (non-hydrogen) atoms. The maximum Gasteiger partial charge on any atom is 0.337 e. The summed E-state index contributed by atoms with van der Waals surface area (Å²) in [5, 5.41) is 0.0165. The van der Waals surface area contributed by atoms with Crippen molar-refractivity contribution in [1.29, 1.82) is 0 Å². The van der Waals surface area contributed by atoms with Crippen molar-refractivity contribution in [3.63, 3.8) is 0 Å². The molecule has 0 spiro atoms. The minimum atomic E-state index is -2.04. The van der Waals surface area contributed by atoms with Crippen molar-refractivity contribution in [3.8, 4) is 5.75 Å². The molecular weight excluding hydrogens is 315 g/mol. The zero-order valence-corrected chi connectivity index (χ0v) is 15.8. The molecule has 0 heterocycles. The van der Waals surface area contributed by atoms with Crippen molar-refractivity contribution in [2.45, 2.75) is 45.0 Å². The standard InChI is InChI=1S/C17H27FO4Si/c1-17(2,3)23(5,6)22-15(11-18)12-21-14-9-7-13(8-10-14)16(19)20-4/h7-10,15H,11-12H2,1-6H3/t15-/m0/s1. The van der Waals surface area contributed by atoms with Crippen molar-refractivity contribution < 1.29 is 23.1 Å². The number of rotatable bonds is 7. The van der Waals surface area contributed by atoms with Crippen molar-refractivity contribution in [2.24, 2.45) is 0 Å². The van der Waals surface area contributed by atoms with Gasteiger partial charge in [-0.25, -0.2) is 9.18 Å². The van der Waals surface area contributed by atoms with E-state index in [4.69, 9.17) is 9.16 Å². The molecule has 0 amide bonds. The number of carbonyl (C=O) groups excluding carboxylic acids is 1. The van der Waals surface area contributed by atoms with E-state index in [1.807, 2.05) is 0 Å². The summed E-state index contributed by atoms with van der Waals surface area (Å²) in [5.74, 6) is 0.161. The van der Waals surface area contributed by atoms with Crippen molar-refractivity contribution in [3.05, 3.63) is 29.8 Å². The number of methoxy groups -OCH3 is 1. The first-order valence-corrected chi connectivity index (χ1v) is 10.6. The van der Waals surface area contributed by atoms with E-state index < -0.39 is 27.1 Å². The lowest BCUT2D eigenvalue weighted by atomic mass is 10.2. The Morgan fingerprint density at radius 3 is 2.22 bits per heavy atom. The summed E-state index contributed by atoms with van der Waals surface area (Å²) >= 11 is 0. The van der Waals surface area contributed by atoms with Gasteiger partial charge in [0.1, 0.15) is 25.1 Å². The third-order valence-corrected chi connectivity index (χ3v) is 8.69. The van der Waals surface area contributed by atoms with Crippen LogP contribution in [0.25, 0.3) is 0 Å². The largest absolute Gasteiger partial charge is 0.491 e. The van der Waals surface area contributed by atoms with Gasteiger partial charge in [-0.3, -0.25) is 0 Å². The van der Waals surface area contributed by atoms with Crippen LogP contribution in [0.2, 0.25) is 18.1 Å². The fraction of sp³-hybridized carbons (Fsp3) is 0.588. The van der Waals surface area contributed by atoms with E-state index in [1.54, 1.807) is 24.3 Å². The van der Waals surface area contributed by atoms with Crippen LogP contribution in [-0.4, -0.2) is 40.8 Å². The Morgan fingerprint density at radius 1 is 1.22 bits per heavy atom. The second-order valence-corrected chi connectivity index (χ2v) is 11.7. The Hall–Kier alpha value is -1.40. The molecule has 1 atom stereocenters. The molecule has 4 nitrogen and oxygen atoms in total. The molecule has 0 bridgehead atoms. The monoisotopic (exact) mass is 342 g/mol. The fourth-order valence-corrected chi connectivity index (χ4v) is 3.02. The number of halogens is 1. The van der Waals surface area contributed by atoms with E-state index in [0.29, 0.717) is 11.3 Å². The quantitative estimate of drug-likeness (QED) is 0.550. The molecule has 0 saturated carbocycles. The minimum absolute atomic E-state index is 0.0165. The summed E-state index contributed by atoms with van der Waals surface area (Å²) in [7, 11) is -0.707. The lowest BCUT2D eigenvalue weighted by Crippen LogP contribution is -2.46. The van der Waals surface area contributed by atoms with Gasteiger partial charge in [-0.2, -0.15) is 0 Å². The Labute approximate surface area is 139 Å². The molecule has 0 unspecified atom stereocenters. The maximum atomic E-state index is 13.3. The molecule has 0 aromatic heterocycles. The van der Waals surface area contributed by atoms with Crippen LogP contribution in [0.1, 0.15) is 31.1 Å². The highest BCUT2D eigenvalue weighted by atomic mass is 28.4. The SMILES string of the molecule is COC(=O)c1ccc(OC[C@H](CF)O[Si](C)(C)C(C)(C)C)cc1. The van der Waals surface area contributed by atoms with Gasteiger partial charge in [-0.05, 0) is 42.4 Å². The Kier molecular flexibility index (Phi) is 6.77. The number of alkyl halides is 1. The van der Waals surface area contributed by atoms with Crippen molar-refractivity contribution in [1.82, 2.24) is 0 Å². The van der Waals surface area contributed by atoms with E-state index in [9.17, 15) is 9.18 Å². The molecule has 0 aliphatic carbocycles. The normalized spacial score (nSPS) is 13.5. The first-order valence-electron chi connectivity index (χ1n) is 7.65. The Morgan fingerprint density at radius 2 is 1.78 bits per heavy atom. The van der Waals surface area contributed by atoms with Gasteiger partial charge in [0.25, 0.3) is 0 Å². The molecular formula is C17H27FO4Si. The van der Waals surface area contributed by atoms with Gasteiger partial charge in [0.05, 0.1) is 12.7 Å². The van der Waals surface area contributed by atoms with Gasteiger partial charge in [0.15, 0.2) is 8.32 Å². The summed E-state index contributed by atoms with van der Waals surface area (Å²) in [6, 6.07) is 6.54. The van der Waals surface area contributed by atoms with Crippen LogP contribution in [0, 0.1) is 0 Å². The fourth-order valence-electron chi connectivity index (χ4n) is 1.70. The Balaban J connectivity index is 2.63. The molecule has 0 radical (unpaired) electrons. The van der Waals surface area contributed by atoms with Crippen LogP contribution in [-0.2, 0) is 9.16 Å². The summed E-state index contributed by atoms with van der Waals surface area (Å²) in [5.41, 5.74) is 0.444. The lowest BCUT2D eigenvalue weighted by Gasteiger charge is -2.38. The number of benzene rings is 1. The highest BCUT2D eigenvalue weighted by Gasteiger charge is 2.39. The van der Waals surface area contributed by atoms with Crippen molar-refractivity contribution >= 4 is 14.3 Å². The van der Waals surface area contributed by atoms with E-state index in [1.165, 1.54) is 7.11 Å². The van der Waals surface area contributed by atoms with Crippen LogP contribution in [0.3, 0.4) is 0 Å². The molecule has 0 aliphatic heterocycles. The third kappa shape index (κ3) is 5.62. The third-order valence-electron chi connectivity index (χ3n) is 4.15. The predicted octanol–water partition coefficient (Wildman–Crippen LogP) is 4.21. The molecule has 6 heteroatoms. The van der Waals surface area contributed by atoms with Gasteiger partial charge in [0.2, 0.25) is 0 Å². The molecule has 0 saturated heterocycles. The number of ether oxygens (including phenoxy) is 2. The van der Waals surface area contributed by atoms with Gasteiger partial charge in [0, 0.05) is 0 Å². The van der Waals surface area contributed by atoms with E-state index in [2.05, 4.69) is 38.6 Å². The minimum Gasteiger partial charge on any atom is -0.491 e. The molecule has 0 fully saturated rings. The molecule has 1 aromatic carbocycles. The lowest BCUT2D eigenvalue weighted by molar-refractivity contribution is 0.0600. The zero-order valence-electron chi connectivity index (χ0n) is 14.8. The molecule has 1 rings (SSSR count). The van der Waals surface area contributed by atoms with Gasteiger partial charge < -0.3 is 13.9 Å². The van der Waals surface area contributed by atoms with Crippen LogP contribution in [0.5, 0.6) is 5.75 Å². The first-order chi connectivity index (χ1) is 10.6. The predicted molar refractivity (Wildman–Crippen MR) is 91.3 cm³/mol. The van der Waals surface area contributed by atoms with Gasteiger partial charge >= 0.3 is 5.97 Å². The van der Waals surface area contributed by atoms with E-state index in [-0.39, 0.29) is 11.6 Å². The number of carbonyl (C=O) groups is 1. The average molecular weight is 342 g/mol. The van der Waals surface area contributed by atoms with Crippen LogP contribution < -0.4 is 4.74 Å². The zero-order chi connectivity index (χ0) is 17.7. The van der Waals surface area contributed by atoms with Crippen molar-refractivity contribution in [2.75, 3.05) is 20.4 Å². The molecule has 0 N–H and O–H groups in total. The molecule has 130 valence electrons. The highest BCUT2D eigenvalue weighted by molar-refractivity contribution is 6.74. The summed E-state index contributed by atoms with van der Waals surface area (Å²) in [6.45, 7) is 10.1. The van der Waals surface area contributed by atoms with Crippen LogP contribution >= 0.6 is 0 Å². The smallest absolute Gasteiger partial charge is 0.337 e. The highest BCUT2D eigenvalue weighted by Crippen LogP contribution is 2.37. The topological polar surface area (TPSA) is 44.8 Å². The van der Waals surface area contributed by atoms with Gasteiger partial charge in [-0.1, -0.05) is 20.8 Å².